The number of carbonyl (C=O) groups excluding carboxylic acids is 1. The maximum atomic E-state index is 12.0. The highest BCUT2D eigenvalue weighted by Crippen LogP contribution is 2.36. The summed E-state index contributed by atoms with van der Waals surface area (Å²) in [5.74, 6) is -0.774. The minimum Gasteiger partial charge on any atom is -0.390 e. The van der Waals surface area contributed by atoms with Crippen molar-refractivity contribution in [1.29, 1.82) is 0 Å². The predicted octanol–water partition coefficient (Wildman–Crippen LogP) is 4.12. The molecule has 0 spiro atoms. The fourth-order valence-electron chi connectivity index (χ4n) is 3.05. The Labute approximate surface area is 126 Å². The van der Waals surface area contributed by atoms with Crippen molar-refractivity contribution in [1.82, 2.24) is 0 Å². The van der Waals surface area contributed by atoms with E-state index in [9.17, 15) is 9.36 Å². The van der Waals surface area contributed by atoms with Crippen molar-refractivity contribution in [2.45, 2.75) is 0 Å². The molecule has 0 aliphatic carbocycles. The van der Waals surface area contributed by atoms with Gasteiger partial charge in [-0.2, -0.15) is 0 Å². The van der Waals surface area contributed by atoms with Crippen molar-refractivity contribution in [2.75, 3.05) is 0 Å². The van der Waals surface area contributed by atoms with Crippen LogP contribution in [0.25, 0.3) is 32.3 Å². The standard InChI is InChI=1S/C17H11O4P/c18-17(21-22(19)20)14-9-7-12-5-4-10-2-1-3-11-6-8-13(14)16(12)15(10)11/h1-9,22H,(H,19,20). The number of hydrogen-bond acceptors (Lipinski definition) is 3. The summed E-state index contributed by atoms with van der Waals surface area (Å²) in [6.45, 7) is 0. The lowest BCUT2D eigenvalue weighted by Crippen LogP contribution is -2.01. The maximum absolute atomic E-state index is 12.0. The van der Waals surface area contributed by atoms with Gasteiger partial charge in [0.05, 0.1) is 5.56 Å². The van der Waals surface area contributed by atoms with Crippen molar-refractivity contribution in [3.05, 3.63) is 60.2 Å². The van der Waals surface area contributed by atoms with E-state index >= 15 is 0 Å². The van der Waals surface area contributed by atoms with Crippen molar-refractivity contribution < 1.29 is 18.8 Å². The van der Waals surface area contributed by atoms with Crippen LogP contribution in [-0.4, -0.2) is 10.9 Å². The summed E-state index contributed by atoms with van der Waals surface area (Å²) < 4.78 is 15.3. The van der Waals surface area contributed by atoms with Crippen LogP contribution in [0.5, 0.6) is 0 Å². The summed E-state index contributed by atoms with van der Waals surface area (Å²) >= 11 is 0. The quantitative estimate of drug-likeness (QED) is 0.447. The van der Waals surface area contributed by atoms with Gasteiger partial charge in [0.15, 0.2) is 0 Å². The van der Waals surface area contributed by atoms with Gasteiger partial charge >= 0.3 is 14.2 Å². The smallest absolute Gasteiger partial charge is 0.367 e. The molecule has 0 bridgehead atoms. The van der Waals surface area contributed by atoms with Gasteiger partial charge in [-0.3, -0.25) is 0 Å². The molecule has 4 rings (SSSR count). The Hall–Kier alpha value is -2.42. The van der Waals surface area contributed by atoms with Crippen molar-refractivity contribution in [3.63, 3.8) is 0 Å². The van der Waals surface area contributed by atoms with Crippen LogP contribution >= 0.6 is 8.25 Å². The average Bonchev–Trinajstić information content (AvgIpc) is 2.51. The predicted molar refractivity (Wildman–Crippen MR) is 86.8 cm³/mol. The third-order valence-electron chi connectivity index (χ3n) is 3.93. The van der Waals surface area contributed by atoms with E-state index in [-0.39, 0.29) is 0 Å². The Kier molecular flexibility index (Phi) is 2.89. The Morgan fingerprint density at radius 2 is 1.45 bits per heavy atom. The Bertz CT molecular complexity index is 1040. The zero-order valence-electron chi connectivity index (χ0n) is 11.4. The van der Waals surface area contributed by atoms with Gasteiger partial charge < -0.3 is 9.42 Å². The summed E-state index contributed by atoms with van der Waals surface area (Å²) in [6, 6.07) is 17.4. The third kappa shape index (κ3) is 1.89. The summed E-state index contributed by atoms with van der Waals surface area (Å²) in [4.78, 5) is 20.9. The van der Waals surface area contributed by atoms with Crippen LogP contribution in [0.4, 0.5) is 0 Å². The minimum absolute atomic E-state index is 0.304. The van der Waals surface area contributed by atoms with E-state index in [0.717, 1.165) is 32.3 Å². The zero-order chi connectivity index (χ0) is 15.3. The first kappa shape index (κ1) is 13.3. The molecule has 0 heterocycles. The summed E-state index contributed by atoms with van der Waals surface area (Å²) in [5, 5.41) is 6.00. The third-order valence-corrected chi connectivity index (χ3v) is 4.29. The summed E-state index contributed by atoms with van der Waals surface area (Å²) in [7, 11) is -3.31. The summed E-state index contributed by atoms with van der Waals surface area (Å²) in [5.41, 5.74) is 0.304. The van der Waals surface area contributed by atoms with Gasteiger partial charge in [-0.15, -0.1) is 0 Å². The maximum Gasteiger partial charge on any atom is 0.367 e. The molecule has 1 unspecified atom stereocenters. The fraction of sp³-hybridized carbons (Fsp3) is 0. The molecule has 22 heavy (non-hydrogen) atoms. The Morgan fingerprint density at radius 1 is 0.864 bits per heavy atom. The molecule has 108 valence electrons. The first-order valence-corrected chi connectivity index (χ1v) is 8.03. The zero-order valence-corrected chi connectivity index (χ0v) is 12.4. The van der Waals surface area contributed by atoms with Gasteiger partial charge in [0.1, 0.15) is 0 Å². The van der Waals surface area contributed by atoms with Crippen LogP contribution in [0.2, 0.25) is 0 Å². The van der Waals surface area contributed by atoms with Crippen LogP contribution in [0, 0.1) is 0 Å². The lowest BCUT2D eigenvalue weighted by Gasteiger charge is -2.12. The largest absolute Gasteiger partial charge is 0.390 e. The van der Waals surface area contributed by atoms with Gasteiger partial charge in [-0.05, 0) is 38.4 Å². The molecule has 4 aromatic carbocycles. The first-order valence-electron chi connectivity index (χ1n) is 6.77. The van der Waals surface area contributed by atoms with Gasteiger partial charge in [0, 0.05) is 0 Å². The molecule has 0 aromatic heterocycles. The fourth-order valence-corrected chi connectivity index (χ4v) is 3.32. The van der Waals surface area contributed by atoms with E-state index in [0.29, 0.717) is 5.56 Å². The highest BCUT2D eigenvalue weighted by atomic mass is 31.1. The molecule has 4 nitrogen and oxygen atoms in total. The molecular formula is C17H11O4P. The highest BCUT2D eigenvalue weighted by molar-refractivity contribution is 7.32. The van der Waals surface area contributed by atoms with E-state index in [1.54, 1.807) is 6.07 Å². The SMILES string of the molecule is O=C(O[PH](=O)O)c1ccc2ccc3cccc4ccc1c2c34. The van der Waals surface area contributed by atoms with Gasteiger partial charge in [0.2, 0.25) is 0 Å². The Morgan fingerprint density at radius 3 is 2.14 bits per heavy atom. The van der Waals surface area contributed by atoms with E-state index < -0.39 is 14.2 Å². The van der Waals surface area contributed by atoms with Gasteiger partial charge in [-0.25, -0.2) is 9.36 Å². The molecule has 0 fully saturated rings. The van der Waals surface area contributed by atoms with Gasteiger partial charge in [-0.1, -0.05) is 48.5 Å². The van der Waals surface area contributed by atoms with Crippen molar-refractivity contribution >= 4 is 46.5 Å². The number of hydrogen-bond donors (Lipinski definition) is 1. The second kappa shape index (κ2) is 4.80. The molecule has 0 aliphatic rings. The van der Waals surface area contributed by atoms with Crippen LogP contribution in [0.1, 0.15) is 10.4 Å². The van der Waals surface area contributed by atoms with Crippen molar-refractivity contribution in [2.24, 2.45) is 0 Å². The van der Waals surface area contributed by atoms with Gasteiger partial charge in [0.25, 0.3) is 0 Å². The Balaban J connectivity index is 2.12. The molecular weight excluding hydrogens is 299 g/mol. The second-order valence-electron chi connectivity index (χ2n) is 5.12. The average molecular weight is 310 g/mol. The van der Waals surface area contributed by atoms with E-state index in [2.05, 4.69) is 10.6 Å². The van der Waals surface area contributed by atoms with E-state index in [4.69, 9.17) is 4.89 Å². The number of rotatable bonds is 2. The topological polar surface area (TPSA) is 63.6 Å². The molecule has 4 aromatic rings. The molecule has 0 saturated heterocycles. The number of benzene rings is 4. The molecule has 5 heteroatoms. The molecule has 1 N–H and O–H groups in total. The van der Waals surface area contributed by atoms with Crippen molar-refractivity contribution in [3.8, 4) is 0 Å². The minimum atomic E-state index is -3.31. The molecule has 0 amide bonds. The monoisotopic (exact) mass is 310 g/mol. The normalized spacial score (nSPS) is 13.0. The second-order valence-corrected chi connectivity index (χ2v) is 5.86. The molecule has 0 saturated carbocycles. The first-order chi connectivity index (χ1) is 10.6. The van der Waals surface area contributed by atoms with Crippen LogP contribution < -0.4 is 0 Å². The van der Waals surface area contributed by atoms with Crippen LogP contribution in [0.3, 0.4) is 0 Å². The number of carbonyl (C=O) groups is 1. The highest BCUT2D eigenvalue weighted by Gasteiger charge is 2.16. The van der Waals surface area contributed by atoms with Crippen LogP contribution in [0.15, 0.2) is 54.6 Å². The lowest BCUT2D eigenvalue weighted by atomic mass is 9.92. The molecule has 0 radical (unpaired) electrons. The molecule has 1 atom stereocenters. The van der Waals surface area contributed by atoms with E-state index in [1.165, 1.54) is 0 Å². The summed E-state index contributed by atoms with van der Waals surface area (Å²) in [6.07, 6.45) is 0. The lowest BCUT2D eigenvalue weighted by molar-refractivity contribution is 0.0733. The van der Waals surface area contributed by atoms with E-state index in [1.807, 2.05) is 42.5 Å². The molecule has 0 aliphatic heterocycles. The van der Waals surface area contributed by atoms with Crippen LogP contribution in [-0.2, 0) is 9.09 Å².